The van der Waals surface area contributed by atoms with E-state index in [0.29, 0.717) is 0 Å². The third-order valence-corrected chi connectivity index (χ3v) is 0.837. The molecule has 44 valence electrons. The summed E-state index contributed by atoms with van der Waals surface area (Å²) < 4.78 is 7.23. The predicted octanol–water partition coefficient (Wildman–Crippen LogP) is 2.37. The number of rotatable bonds is 2. The maximum Gasteiger partial charge on any atom is 0.0449 e. The Morgan fingerprint density at radius 1 is 2.00 bits per heavy atom. The van der Waals surface area contributed by atoms with Gasteiger partial charge in [-0.2, -0.15) is 0 Å². The second kappa shape index (κ2) is 4.46. The second-order valence-corrected chi connectivity index (χ2v) is 1.67. The third-order valence-electron chi connectivity index (χ3n) is 0.837. The predicted molar refractivity (Wildman–Crippen MR) is 37.5 cm³/mol. The number of hydrogen-bond donors (Lipinski definition) is 0. The van der Waals surface area contributed by atoms with E-state index in [0.717, 1.165) is 12.0 Å². The van der Waals surface area contributed by atoms with Crippen LogP contribution in [0, 0.1) is 12.3 Å². The minimum Gasteiger partial charge on any atom is -0.120 e. The maximum atomic E-state index is 7.23. The number of terminal acetylenes is 1. The van der Waals surface area contributed by atoms with E-state index in [9.17, 15) is 0 Å². The third kappa shape index (κ3) is 3.49. The van der Waals surface area contributed by atoms with Crippen molar-refractivity contribution < 1.29 is 1.37 Å². The lowest BCUT2D eigenvalue weighted by molar-refractivity contribution is 1.14. The lowest BCUT2D eigenvalue weighted by atomic mass is 10.2. The Bertz CT molecular complexity index is 139. The fourth-order valence-corrected chi connectivity index (χ4v) is 0.512. The molecule has 0 heteroatoms. The number of allylic oxidation sites excluding steroid dienone is 2. The molecule has 1 unspecified atom stereocenters. The van der Waals surface area contributed by atoms with Crippen molar-refractivity contribution in [3.05, 3.63) is 11.6 Å². The van der Waals surface area contributed by atoms with Crippen LogP contribution >= 0.6 is 0 Å². The molecule has 0 aromatic rings. The van der Waals surface area contributed by atoms with Gasteiger partial charge in [0.05, 0.1) is 0 Å². The molecule has 0 saturated carbocycles. The summed E-state index contributed by atoms with van der Waals surface area (Å²) >= 11 is 0. The van der Waals surface area contributed by atoms with E-state index in [2.05, 4.69) is 5.92 Å². The lowest BCUT2D eigenvalue weighted by Gasteiger charge is -1.88. The summed E-state index contributed by atoms with van der Waals surface area (Å²) in [5.74, 6) is 2.35. The first-order valence-corrected chi connectivity index (χ1v) is 2.77. The molecule has 0 N–H and O–H groups in total. The van der Waals surface area contributed by atoms with Crippen molar-refractivity contribution >= 4 is 0 Å². The smallest absolute Gasteiger partial charge is 0.0449 e. The van der Waals surface area contributed by atoms with Crippen LogP contribution in [0.2, 0.25) is 0 Å². The first kappa shape index (κ1) is 5.44. The highest BCUT2D eigenvalue weighted by Crippen LogP contribution is 1.98. The summed E-state index contributed by atoms with van der Waals surface area (Å²) in [6, 6.07) is 0. The van der Waals surface area contributed by atoms with Gasteiger partial charge in [0.2, 0.25) is 0 Å². The van der Waals surface area contributed by atoms with Crippen LogP contribution in [0.4, 0.5) is 0 Å². The van der Waals surface area contributed by atoms with E-state index in [-0.39, 0.29) is 0 Å². The Morgan fingerprint density at radius 3 is 3.00 bits per heavy atom. The average Bonchev–Trinajstić information content (AvgIpc) is 1.87. The molecule has 0 aliphatic rings. The minimum absolute atomic E-state index is 0.440. The van der Waals surface area contributed by atoms with E-state index in [1.54, 1.807) is 0 Å². The molecule has 0 nitrogen and oxygen atoms in total. The Morgan fingerprint density at radius 2 is 2.62 bits per heavy atom. The molecule has 0 aromatic carbocycles. The molecule has 0 rings (SSSR count). The fraction of sp³-hybridized carbons (Fsp3) is 0.500. The van der Waals surface area contributed by atoms with Crippen LogP contribution in [-0.4, -0.2) is 0 Å². The first-order chi connectivity index (χ1) is 4.22. The zero-order valence-corrected chi connectivity index (χ0v) is 5.44. The minimum atomic E-state index is -0.440. The van der Waals surface area contributed by atoms with Crippen LogP contribution in [0.1, 0.15) is 28.0 Å². The zero-order chi connectivity index (χ0) is 7.28. The summed E-state index contributed by atoms with van der Waals surface area (Å²) in [6.07, 6.45) is 7.53. The van der Waals surface area contributed by atoms with Crippen LogP contribution in [0.25, 0.3) is 0 Å². The first-order valence-electron chi connectivity index (χ1n) is 3.35. The normalized spacial score (nSPS) is 16.6. The molecule has 1 atom stereocenters. The van der Waals surface area contributed by atoms with Crippen molar-refractivity contribution in [2.45, 2.75) is 26.7 Å². The summed E-state index contributed by atoms with van der Waals surface area (Å²) in [7, 11) is 0. The summed E-state index contributed by atoms with van der Waals surface area (Å²) in [6.45, 7) is 3.92. The molecule has 0 heterocycles. The van der Waals surface area contributed by atoms with E-state index < -0.39 is 6.40 Å². The Hall–Kier alpha value is -0.700. The molecule has 0 saturated heterocycles. The van der Waals surface area contributed by atoms with E-state index in [1.165, 1.54) is 0 Å². The van der Waals surface area contributed by atoms with Crippen molar-refractivity contribution in [1.29, 1.82) is 0 Å². The monoisotopic (exact) mass is 109 g/mol. The average molecular weight is 109 g/mol. The van der Waals surface area contributed by atoms with Crippen LogP contribution in [-0.2, 0) is 0 Å². The molecule has 0 spiro atoms. The van der Waals surface area contributed by atoms with E-state index in [4.69, 9.17) is 7.79 Å². The van der Waals surface area contributed by atoms with Gasteiger partial charge < -0.3 is 0 Å². The van der Waals surface area contributed by atoms with Crippen molar-refractivity contribution in [2.75, 3.05) is 0 Å². The van der Waals surface area contributed by atoms with Gasteiger partial charge in [0.1, 0.15) is 0 Å². The van der Waals surface area contributed by atoms with Gasteiger partial charge in [-0.15, -0.1) is 12.3 Å². The van der Waals surface area contributed by atoms with Gasteiger partial charge in [-0.05, 0) is 13.3 Å². The van der Waals surface area contributed by atoms with E-state index in [1.807, 2.05) is 19.9 Å². The summed E-state index contributed by atoms with van der Waals surface area (Å²) in [5, 5.41) is 0. The fourth-order valence-electron chi connectivity index (χ4n) is 0.512. The molecular formula is C8H12. The molecular weight excluding hydrogens is 96.1 g/mol. The molecule has 0 aliphatic carbocycles. The van der Waals surface area contributed by atoms with Gasteiger partial charge in [-0.3, -0.25) is 0 Å². The van der Waals surface area contributed by atoms with Crippen LogP contribution in [0.3, 0.4) is 0 Å². The highest BCUT2D eigenvalue weighted by molar-refractivity contribution is 5.06. The second-order valence-electron chi connectivity index (χ2n) is 1.67. The molecule has 0 bridgehead atoms. The van der Waals surface area contributed by atoms with Crippen LogP contribution in [0.15, 0.2) is 11.6 Å². The summed E-state index contributed by atoms with van der Waals surface area (Å²) in [4.78, 5) is 0. The zero-order valence-electron chi connectivity index (χ0n) is 6.44. The molecule has 0 radical (unpaired) electrons. The molecule has 0 amide bonds. The Labute approximate surface area is 53.0 Å². The quantitative estimate of drug-likeness (QED) is 0.377. The van der Waals surface area contributed by atoms with Crippen molar-refractivity contribution in [3.63, 3.8) is 0 Å². The van der Waals surface area contributed by atoms with Crippen molar-refractivity contribution in [2.24, 2.45) is 0 Å². The van der Waals surface area contributed by atoms with Gasteiger partial charge in [0.15, 0.2) is 0 Å². The van der Waals surface area contributed by atoms with Gasteiger partial charge in [0, 0.05) is 7.77 Å². The SMILES string of the molecule is [2H]C(C#C)C(C)=CCC. The molecule has 0 aromatic heterocycles. The van der Waals surface area contributed by atoms with Crippen molar-refractivity contribution in [1.82, 2.24) is 0 Å². The van der Waals surface area contributed by atoms with Crippen LogP contribution in [0.5, 0.6) is 0 Å². The van der Waals surface area contributed by atoms with Gasteiger partial charge in [-0.25, -0.2) is 0 Å². The van der Waals surface area contributed by atoms with Crippen LogP contribution < -0.4 is 0 Å². The lowest BCUT2D eigenvalue weighted by Crippen LogP contribution is -1.70. The highest BCUT2D eigenvalue weighted by atomic mass is 13.8. The maximum absolute atomic E-state index is 7.23. The molecule has 0 fully saturated rings. The molecule has 0 aliphatic heterocycles. The largest absolute Gasteiger partial charge is 0.120 e. The van der Waals surface area contributed by atoms with Gasteiger partial charge >= 0.3 is 0 Å². The summed E-state index contributed by atoms with van der Waals surface area (Å²) in [5.41, 5.74) is 0.972. The highest BCUT2D eigenvalue weighted by Gasteiger charge is 1.79. The number of hydrogen-bond acceptors (Lipinski definition) is 0. The Balaban J connectivity index is 3.89. The van der Waals surface area contributed by atoms with Gasteiger partial charge in [-0.1, -0.05) is 18.6 Å². The topological polar surface area (TPSA) is 0 Å². The Kier molecular flexibility index (Phi) is 3.03. The standard InChI is InChI=1S/C8H12/c1-4-6-8(3)7-5-2/h1,7H,5-6H2,2-3H3/i6D. The van der Waals surface area contributed by atoms with Gasteiger partial charge in [0.25, 0.3) is 0 Å². The molecule has 8 heavy (non-hydrogen) atoms. The van der Waals surface area contributed by atoms with Crippen molar-refractivity contribution in [3.8, 4) is 12.3 Å². The van der Waals surface area contributed by atoms with E-state index >= 15 is 0 Å².